The fourth-order valence-corrected chi connectivity index (χ4v) is 1.72. The van der Waals surface area contributed by atoms with Crippen LogP contribution in [0.25, 0.3) is 0 Å². The van der Waals surface area contributed by atoms with Crippen LogP contribution in [0, 0.1) is 0 Å². The third kappa shape index (κ3) is 2.63. The van der Waals surface area contributed by atoms with E-state index in [1.165, 1.54) is 5.56 Å². The van der Waals surface area contributed by atoms with Gasteiger partial charge in [-0.15, -0.1) is 0 Å². The van der Waals surface area contributed by atoms with Crippen LogP contribution in [0.1, 0.15) is 25.0 Å². The Bertz CT molecular complexity index is 408. The maximum atomic E-state index is 5.95. The van der Waals surface area contributed by atoms with Crippen molar-refractivity contribution < 1.29 is 4.74 Å². The first-order valence-electron chi connectivity index (χ1n) is 5.67. The van der Waals surface area contributed by atoms with E-state index in [-0.39, 0.29) is 6.10 Å². The van der Waals surface area contributed by atoms with Gasteiger partial charge in [0, 0.05) is 0 Å². The second-order valence-electron chi connectivity index (χ2n) is 3.74. The number of rotatable bonds is 4. The molecule has 0 aliphatic carbocycles. The van der Waals surface area contributed by atoms with Gasteiger partial charge in [0.05, 0.1) is 0 Å². The molecule has 0 aliphatic heterocycles. The average molecular weight is 212 g/mol. The number of benzene rings is 2. The minimum atomic E-state index is 0.142. The Kier molecular flexibility index (Phi) is 3.60. The summed E-state index contributed by atoms with van der Waals surface area (Å²) in [7, 11) is 0. The van der Waals surface area contributed by atoms with Gasteiger partial charge in [-0.05, 0) is 24.1 Å². The van der Waals surface area contributed by atoms with Crippen molar-refractivity contribution in [1.29, 1.82) is 0 Å². The largest absolute Gasteiger partial charge is 0.486 e. The first-order valence-corrected chi connectivity index (χ1v) is 5.67. The zero-order chi connectivity index (χ0) is 11.2. The van der Waals surface area contributed by atoms with Gasteiger partial charge in [-0.25, -0.2) is 0 Å². The lowest BCUT2D eigenvalue weighted by molar-refractivity contribution is 0.201. The third-order valence-electron chi connectivity index (χ3n) is 2.56. The summed E-state index contributed by atoms with van der Waals surface area (Å²) in [6.45, 7) is 2.14. The van der Waals surface area contributed by atoms with E-state index in [0.29, 0.717) is 0 Å². The van der Waals surface area contributed by atoms with Gasteiger partial charge >= 0.3 is 0 Å². The maximum Gasteiger partial charge on any atom is 0.123 e. The van der Waals surface area contributed by atoms with Crippen molar-refractivity contribution in [2.75, 3.05) is 0 Å². The predicted octanol–water partition coefficient (Wildman–Crippen LogP) is 4.22. The molecule has 2 aromatic carbocycles. The molecule has 0 unspecified atom stereocenters. The van der Waals surface area contributed by atoms with Gasteiger partial charge in [0.15, 0.2) is 0 Å². The molecule has 0 spiro atoms. The minimum absolute atomic E-state index is 0.142. The summed E-state index contributed by atoms with van der Waals surface area (Å²) in [5, 5.41) is 0. The second kappa shape index (κ2) is 5.36. The van der Waals surface area contributed by atoms with Crippen molar-refractivity contribution in [2.45, 2.75) is 19.4 Å². The molecule has 82 valence electrons. The SMILES string of the molecule is CC[C@H](Oc1ccccc1)c1ccccc1. The van der Waals surface area contributed by atoms with Crippen LogP contribution >= 0.6 is 0 Å². The van der Waals surface area contributed by atoms with E-state index in [4.69, 9.17) is 4.74 Å². The number of hydrogen-bond acceptors (Lipinski definition) is 1. The van der Waals surface area contributed by atoms with Crippen LogP contribution < -0.4 is 4.74 Å². The summed E-state index contributed by atoms with van der Waals surface area (Å²) < 4.78 is 5.95. The van der Waals surface area contributed by atoms with Crippen LogP contribution in [-0.2, 0) is 0 Å². The highest BCUT2D eigenvalue weighted by molar-refractivity contribution is 5.24. The van der Waals surface area contributed by atoms with Crippen molar-refractivity contribution >= 4 is 0 Å². The van der Waals surface area contributed by atoms with Crippen molar-refractivity contribution in [3.8, 4) is 5.75 Å². The quantitative estimate of drug-likeness (QED) is 0.737. The Hall–Kier alpha value is -1.76. The minimum Gasteiger partial charge on any atom is -0.486 e. The Morgan fingerprint density at radius 1 is 0.875 bits per heavy atom. The first-order chi connectivity index (χ1) is 7.90. The summed E-state index contributed by atoms with van der Waals surface area (Å²) >= 11 is 0. The highest BCUT2D eigenvalue weighted by atomic mass is 16.5. The van der Waals surface area contributed by atoms with Crippen molar-refractivity contribution in [3.05, 3.63) is 66.2 Å². The molecule has 0 heterocycles. The summed E-state index contributed by atoms with van der Waals surface area (Å²) in [6, 6.07) is 20.3. The van der Waals surface area contributed by atoms with E-state index in [2.05, 4.69) is 19.1 Å². The third-order valence-corrected chi connectivity index (χ3v) is 2.56. The van der Waals surface area contributed by atoms with Gasteiger partial charge < -0.3 is 4.74 Å². The number of hydrogen-bond donors (Lipinski definition) is 0. The normalized spacial score (nSPS) is 12.1. The molecule has 2 rings (SSSR count). The molecule has 16 heavy (non-hydrogen) atoms. The van der Waals surface area contributed by atoms with Gasteiger partial charge in [-0.3, -0.25) is 0 Å². The molecule has 0 amide bonds. The molecule has 0 N–H and O–H groups in total. The van der Waals surface area contributed by atoms with Gasteiger partial charge in [-0.2, -0.15) is 0 Å². The molecule has 0 fully saturated rings. The lowest BCUT2D eigenvalue weighted by Crippen LogP contribution is -2.05. The van der Waals surface area contributed by atoms with Gasteiger partial charge in [0.2, 0.25) is 0 Å². The molecule has 0 aliphatic rings. The molecule has 0 radical (unpaired) electrons. The molecule has 0 aromatic heterocycles. The van der Waals surface area contributed by atoms with E-state index in [9.17, 15) is 0 Å². The summed E-state index contributed by atoms with van der Waals surface area (Å²) in [5.41, 5.74) is 1.23. The smallest absolute Gasteiger partial charge is 0.123 e. The van der Waals surface area contributed by atoms with Gasteiger partial charge in [0.1, 0.15) is 11.9 Å². The summed E-state index contributed by atoms with van der Waals surface area (Å²) in [6.07, 6.45) is 1.11. The highest BCUT2D eigenvalue weighted by Gasteiger charge is 2.09. The van der Waals surface area contributed by atoms with Crippen LogP contribution in [0.4, 0.5) is 0 Å². The standard InChI is InChI=1S/C15H16O/c1-2-15(13-9-5-3-6-10-13)16-14-11-7-4-8-12-14/h3-12,15H,2H2,1H3/t15-/m0/s1. The Morgan fingerprint density at radius 2 is 1.44 bits per heavy atom. The van der Waals surface area contributed by atoms with Crippen molar-refractivity contribution in [3.63, 3.8) is 0 Å². The first kappa shape index (κ1) is 10.7. The molecule has 0 saturated heterocycles. The number of ether oxygens (including phenoxy) is 1. The fraction of sp³-hybridized carbons (Fsp3) is 0.200. The van der Waals surface area contributed by atoms with Crippen molar-refractivity contribution in [2.24, 2.45) is 0 Å². The predicted molar refractivity (Wildman–Crippen MR) is 66.5 cm³/mol. The molecular weight excluding hydrogens is 196 g/mol. The lowest BCUT2D eigenvalue weighted by Gasteiger charge is -2.17. The average Bonchev–Trinajstić information content (AvgIpc) is 2.38. The molecule has 1 nitrogen and oxygen atoms in total. The van der Waals surface area contributed by atoms with E-state index in [1.807, 2.05) is 48.5 Å². The molecular formula is C15H16O. The molecule has 1 heteroatoms. The zero-order valence-electron chi connectivity index (χ0n) is 9.47. The van der Waals surface area contributed by atoms with Crippen LogP contribution in [0.5, 0.6) is 5.75 Å². The molecule has 1 atom stereocenters. The summed E-state index contributed by atoms with van der Waals surface area (Å²) in [5.74, 6) is 0.929. The zero-order valence-corrected chi connectivity index (χ0v) is 9.47. The summed E-state index contributed by atoms with van der Waals surface area (Å²) in [4.78, 5) is 0. The molecule has 0 bridgehead atoms. The lowest BCUT2D eigenvalue weighted by atomic mass is 10.1. The van der Waals surface area contributed by atoms with Gasteiger partial charge in [0.25, 0.3) is 0 Å². The van der Waals surface area contributed by atoms with Crippen LogP contribution in [-0.4, -0.2) is 0 Å². The maximum absolute atomic E-state index is 5.95. The Morgan fingerprint density at radius 3 is 2.00 bits per heavy atom. The molecule has 2 aromatic rings. The van der Waals surface area contributed by atoms with Crippen LogP contribution in [0.15, 0.2) is 60.7 Å². The second-order valence-corrected chi connectivity index (χ2v) is 3.74. The Labute approximate surface area is 96.7 Å². The van der Waals surface area contributed by atoms with Crippen LogP contribution in [0.3, 0.4) is 0 Å². The monoisotopic (exact) mass is 212 g/mol. The van der Waals surface area contributed by atoms with E-state index in [1.54, 1.807) is 0 Å². The number of para-hydroxylation sites is 1. The van der Waals surface area contributed by atoms with E-state index in [0.717, 1.165) is 12.2 Å². The van der Waals surface area contributed by atoms with Crippen LogP contribution in [0.2, 0.25) is 0 Å². The van der Waals surface area contributed by atoms with Crippen molar-refractivity contribution in [1.82, 2.24) is 0 Å². The fourth-order valence-electron chi connectivity index (χ4n) is 1.72. The highest BCUT2D eigenvalue weighted by Crippen LogP contribution is 2.23. The molecule has 0 saturated carbocycles. The topological polar surface area (TPSA) is 9.23 Å². The van der Waals surface area contributed by atoms with Gasteiger partial charge in [-0.1, -0.05) is 55.5 Å². The Balaban J connectivity index is 2.13. The van der Waals surface area contributed by atoms with E-state index < -0.39 is 0 Å². The van der Waals surface area contributed by atoms with E-state index >= 15 is 0 Å².